The summed E-state index contributed by atoms with van der Waals surface area (Å²) in [6.07, 6.45) is 2.11. The van der Waals surface area contributed by atoms with Crippen molar-refractivity contribution in [1.29, 1.82) is 0 Å². The maximum Gasteiger partial charge on any atom is 0.217 e. The fourth-order valence-corrected chi connectivity index (χ4v) is 2.00. The standard InChI is InChI=1S/C14H18N4O/c1-10-11-6-2-3-7-12(11)14(18-17-10)16-9-5-4-8-13(15)19/h2-3,6-7H,4-5,8-9H2,1H3,(H2,15,19)(H,16,18). The van der Waals surface area contributed by atoms with E-state index in [1.807, 2.05) is 31.2 Å². The SMILES string of the molecule is Cc1nnc(NCCCCC(N)=O)c2ccccc12. The summed E-state index contributed by atoms with van der Waals surface area (Å²) in [5.41, 5.74) is 6.02. The van der Waals surface area contributed by atoms with E-state index in [1.165, 1.54) is 0 Å². The van der Waals surface area contributed by atoms with Crippen molar-refractivity contribution in [2.45, 2.75) is 26.2 Å². The van der Waals surface area contributed by atoms with Crippen LogP contribution in [-0.4, -0.2) is 22.6 Å². The Bertz CT molecular complexity index is 583. The Morgan fingerprint density at radius 2 is 1.95 bits per heavy atom. The number of aromatic nitrogens is 2. The van der Waals surface area contributed by atoms with Crippen LogP contribution in [0.5, 0.6) is 0 Å². The third kappa shape index (κ3) is 3.40. The second kappa shape index (κ2) is 6.13. The van der Waals surface area contributed by atoms with Gasteiger partial charge in [0.2, 0.25) is 5.91 Å². The number of rotatable bonds is 6. The highest BCUT2D eigenvalue weighted by molar-refractivity contribution is 5.92. The van der Waals surface area contributed by atoms with Gasteiger partial charge < -0.3 is 11.1 Å². The van der Waals surface area contributed by atoms with E-state index < -0.39 is 0 Å². The molecular weight excluding hydrogens is 240 g/mol. The van der Waals surface area contributed by atoms with Gasteiger partial charge in [-0.1, -0.05) is 24.3 Å². The third-order valence-corrected chi connectivity index (χ3v) is 3.01. The molecule has 0 aliphatic carbocycles. The molecule has 19 heavy (non-hydrogen) atoms. The second-order valence-corrected chi connectivity index (χ2v) is 4.53. The highest BCUT2D eigenvalue weighted by Crippen LogP contribution is 2.22. The monoisotopic (exact) mass is 258 g/mol. The van der Waals surface area contributed by atoms with Crippen LogP contribution in [-0.2, 0) is 4.79 Å². The van der Waals surface area contributed by atoms with Crippen LogP contribution in [0.4, 0.5) is 5.82 Å². The lowest BCUT2D eigenvalue weighted by atomic mass is 10.1. The molecule has 0 bridgehead atoms. The molecular formula is C14H18N4O. The number of nitrogens with one attached hydrogen (secondary N) is 1. The Morgan fingerprint density at radius 3 is 2.68 bits per heavy atom. The van der Waals surface area contributed by atoms with E-state index in [0.29, 0.717) is 6.42 Å². The molecule has 1 heterocycles. The van der Waals surface area contributed by atoms with Gasteiger partial charge in [0.05, 0.1) is 5.69 Å². The molecule has 0 aliphatic rings. The van der Waals surface area contributed by atoms with Gasteiger partial charge in [0.25, 0.3) is 0 Å². The predicted octanol–water partition coefficient (Wildman–Crippen LogP) is 2.01. The molecule has 0 aliphatic heterocycles. The smallest absolute Gasteiger partial charge is 0.217 e. The average molecular weight is 258 g/mol. The molecule has 1 aromatic carbocycles. The summed E-state index contributed by atoms with van der Waals surface area (Å²) in [5, 5.41) is 13.8. The largest absolute Gasteiger partial charge is 0.370 e. The number of aryl methyl sites for hydroxylation is 1. The summed E-state index contributed by atoms with van der Waals surface area (Å²) < 4.78 is 0. The molecule has 0 saturated heterocycles. The van der Waals surface area contributed by atoms with Gasteiger partial charge in [-0.2, -0.15) is 5.10 Å². The number of primary amides is 1. The van der Waals surface area contributed by atoms with Gasteiger partial charge in [-0.25, -0.2) is 0 Å². The van der Waals surface area contributed by atoms with Crippen LogP contribution in [0.3, 0.4) is 0 Å². The minimum atomic E-state index is -0.249. The molecule has 1 amide bonds. The average Bonchev–Trinajstić information content (AvgIpc) is 2.41. The van der Waals surface area contributed by atoms with E-state index >= 15 is 0 Å². The summed E-state index contributed by atoms with van der Waals surface area (Å²) >= 11 is 0. The minimum absolute atomic E-state index is 0.249. The van der Waals surface area contributed by atoms with Crippen molar-refractivity contribution in [3.8, 4) is 0 Å². The molecule has 2 rings (SSSR count). The van der Waals surface area contributed by atoms with Crippen molar-refractivity contribution >= 4 is 22.5 Å². The number of fused-ring (bicyclic) bond motifs is 1. The summed E-state index contributed by atoms with van der Waals surface area (Å²) in [7, 11) is 0. The number of carbonyl (C=O) groups is 1. The van der Waals surface area contributed by atoms with Gasteiger partial charge in [-0.05, 0) is 19.8 Å². The van der Waals surface area contributed by atoms with Crippen LogP contribution in [0, 0.1) is 6.92 Å². The molecule has 1 aromatic heterocycles. The zero-order valence-electron chi connectivity index (χ0n) is 11.0. The maximum absolute atomic E-state index is 10.6. The van der Waals surface area contributed by atoms with Crippen LogP contribution in [0.15, 0.2) is 24.3 Å². The van der Waals surface area contributed by atoms with Crippen molar-refractivity contribution in [2.75, 3.05) is 11.9 Å². The van der Waals surface area contributed by atoms with Crippen LogP contribution in [0.2, 0.25) is 0 Å². The van der Waals surface area contributed by atoms with Crippen molar-refractivity contribution in [2.24, 2.45) is 5.73 Å². The molecule has 3 N–H and O–H groups in total. The van der Waals surface area contributed by atoms with Crippen LogP contribution in [0.25, 0.3) is 10.8 Å². The molecule has 0 fully saturated rings. The quantitative estimate of drug-likeness (QED) is 0.776. The highest BCUT2D eigenvalue weighted by atomic mass is 16.1. The Labute approximate surface area is 112 Å². The van der Waals surface area contributed by atoms with E-state index in [1.54, 1.807) is 0 Å². The Kier molecular flexibility index (Phi) is 4.28. The van der Waals surface area contributed by atoms with Crippen molar-refractivity contribution in [3.63, 3.8) is 0 Å². The first-order valence-corrected chi connectivity index (χ1v) is 6.42. The summed E-state index contributed by atoms with van der Waals surface area (Å²) in [5.74, 6) is 0.542. The maximum atomic E-state index is 10.6. The number of nitrogens with two attached hydrogens (primary N) is 1. The van der Waals surface area contributed by atoms with Gasteiger partial charge >= 0.3 is 0 Å². The molecule has 0 unspecified atom stereocenters. The third-order valence-electron chi connectivity index (χ3n) is 3.01. The Balaban J connectivity index is 2.01. The number of unbranched alkanes of at least 4 members (excludes halogenated alkanes) is 1. The van der Waals surface area contributed by atoms with E-state index in [-0.39, 0.29) is 5.91 Å². The normalized spacial score (nSPS) is 10.6. The van der Waals surface area contributed by atoms with Crippen LogP contribution < -0.4 is 11.1 Å². The summed E-state index contributed by atoms with van der Waals surface area (Å²) in [4.78, 5) is 10.6. The number of amides is 1. The number of carbonyl (C=O) groups excluding carboxylic acids is 1. The first-order chi connectivity index (χ1) is 9.18. The molecule has 100 valence electrons. The van der Waals surface area contributed by atoms with E-state index in [4.69, 9.17) is 5.73 Å². The fraction of sp³-hybridized carbons (Fsp3) is 0.357. The molecule has 0 spiro atoms. The lowest BCUT2D eigenvalue weighted by molar-refractivity contribution is -0.118. The number of hydrogen-bond donors (Lipinski definition) is 2. The summed E-state index contributed by atoms with van der Waals surface area (Å²) in [6.45, 7) is 2.71. The molecule has 0 radical (unpaired) electrons. The number of hydrogen-bond acceptors (Lipinski definition) is 4. The van der Waals surface area contributed by atoms with Crippen molar-refractivity contribution < 1.29 is 4.79 Å². The molecule has 5 nitrogen and oxygen atoms in total. The first kappa shape index (κ1) is 13.3. The molecule has 0 atom stereocenters. The minimum Gasteiger partial charge on any atom is -0.370 e. The first-order valence-electron chi connectivity index (χ1n) is 6.42. The number of benzene rings is 1. The number of nitrogens with zero attached hydrogens (tertiary/aromatic N) is 2. The lowest BCUT2D eigenvalue weighted by Crippen LogP contribution is -2.11. The van der Waals surface area contributed by atoms with Gasteiger partial charge in [-0.3, -0.25) is 4.79 Å². The predicted molar refractivity (Wildman–Crippen MR) is 75.8 cm³/mol. The van der Waals surface area contributed by atoms with Gasteiger partial charge in [0.15, 0.2) is 5.82 Å². The second-order valence-electron chi connectivity index (χ2n) is 4.53. The van der Waals surface area contributed by atoms with E-state index in [9.17, 15) is 4.79 Å². The lowest BCUT2D eigenvalue weighted by Gasteiger charge is -2.08. The molecule has 0 saturated carbocycles. The van der Waals surface area contributed by atoms with E-state index in [0.717, 1.165) is 41.7 Å². The fourth-order valence-electron chi connectivity index (χ4n) is 2.00. The van der Waals surface area contributed by atoms with Crippen LogP contribution >= 0.6 is 0 Å². The van der Waals surface area contributed by atoms with Crippen molar-refractivity contribution in [3.05, 3.63) is 30.0 Å². The van der Waals surface area contributed by atoms with Gasteiger partial charge in [-0.15, -0.1) is 5.10 Å². The zero-order chi connectivity index (χ0) is 13.7. The van der Waals surface area contributed by atoms with Crippen LogP contribution in [0.1, 0.15) is 25.0 Å². The van der Waals surface area contributed by atoms with Crippen molar-refractivity contribution in [1.82, 2.24) is 10.2 Å². The zero-order valence-corrected chi connectivity index (χ0v) is 11.0. The highest BCUT2D eigenvalue weighted by Gasteiger charge is 2.05. The molecule has 2 aromatic rings. The van der Waals surface area contributed by atoms with Gasteiger partial charge in [0, 0.05) is 23.7 Å². The Hall–Kier alpha value is -2.17. The number of anilines is 1. The van der Waals surface area contributed by atoms with E-state index in [2.05, 4.69) is 15.5 Å². The molecule has 5 heteroatoms. The summed E-state index contributed by atoms with van der Waals surface area (Å²) in [6, 6.07) is 8.05. The topological polar surface area (TPSA) is 80.9 Å². The van der Waals surface area contributed by atoms with Gasteiger partial charge in [0.1, 0.15) is 0 Å². The Morgan fingerprint density at radius 1 is 1.21 bits per heavy atom.